The topological polar surface area (TPSA) is 15.3 Å². The van der Waals surface area contributed by atoms with Crippen LogP contribution in [-0.2, 0) is 0 Å². The third-order valence-corrected chi connectivity index (χ3v) is 4.55. The number of nitrogens with zero attached hydrogens (tertiary/aromatic N) is 1. The van der Waals surface area contributed by atoms with Crippen LogP contribution >= 0.6 is 0 Å². The summed E-state index contributed by atoms with van der Waals surface area (Å²) in [5.41, 5.74) is 4.14. The highest BCUT2D eigenvalue weighted by Gasteiger charge is 2.43. The van der Waals surface area contributed by atoms with E-state index in [0.29, 0.717) is 17.9 Å². The summed E-state index contributed by atoms with van der Waals surface area (Å²) >= 11 is 0. The van der Waals surface area contributed by atoms with E-state index in [4.69, 9.17) is 0 Å². The lowest BCUT2D eigenvalue weighted by Gasteiger charge is -2.20. The molecule has 0 radical (unpaired) electrons. The summed E-state index contributed by atoms with van der Waals surface area (Å²) in [6.45, 7) is 0. The Labute approximate surface area is 127 Å². The number of nitrogens with one attached hydrogen (secondary N) is 1. The molecule has 1 N–H and O–H groups in total. The van der Waals surface area contributed by atoms with Gasteiger partial charge in [0.05, 0.1) is 0 Å². The molecule has 21 heavy (non-hydrogen) atoms. The second-order valence-corrected chi connectivity index (χ2v) is 6.17. The van der Waals surface area contributed by atoms with E-state index in [1.165, 1.54) is 23.2 Å². The van der Waals surface area contributed by atoms with Crippen LogP contribution < -0.4 is 10.2 Å². The highest BCUT2D eigenvalue weighted by molar-refractivity contribution is 5.48. The van der Waals surface area contributed by atoms with Gasteiger partial charge in [0.2, 0.25) is 0 Å². The van der Waals surface area contributed by atoms with Gasteiger partial charge < -0.3 is 10.2 Å². The van der Waals surface area contributed by atoms with Crippen molar-refractivity contribution in [1.82, 2.24) is 5.32 Å². The minimum atomic E-state index is 0.440. The van der Waals surface area contributed by atoms with Crippen molar-refractivity contribution in [2.45, 2.75) is 18.4 Å². The third-order valence-electron chi connectivity index (χ3n) is 4.55. The summed E-state index contributed by atoms with van der Waals surface area (Å²) in [7, 11) is 6.27. The van der Waals surface area contributed by atoms with Gasteiger partial charge in [-0.15, -0.1) is 0 Å². The molecule has 2 heteroatoms. The van der Waals surface area contributed by atoms with E-state index in [9.17, 15) is 0 Å². The van der Waals surface area contributed by atoms with Crippen LogP contribution in [0.1, 0.15) is 29.5 Å². The molecule has 1 aliphatic carbocycles. The Morgan fingerprint density at radius 3 is 2.48 bits per heavy atom. The molecule has 0 aromatic heterocycles. The fourth-order valence-corrected chi connectivity index (χ4v) is 3.29. The predicted octanol–water partition coefficient (Wildman–Crippen LogP) is 3.82. The molecule has 1 fully saturated rings. The minimum absolute atomic E-state index is 0.440. The molecule has 1 saturated carbocycles. The van der Waals surface area contributed by atoms with Crippen molar-refractivity contribution in [2.24, 2.45) is 5.92 Å². The van der Waals surface area contributed by atoms with Crippen molar-refractivity contribution in [3.63, 3.8) is 0 Å². The number of rotatable bonds is 5. The lowest BCUT2D eigenvalue weighted by molar-refractivity contribution is 0.518. The van der Waals surface area contributed by atoms with Crippen LogP contribution in [-0.4, -0.2) is 21.1 Å². The number of hydrogen-bond acceptors (Lipinski definition) is 2. The van der Waals surface area contributed by atoms with Gasteiger partial charge in [-0.3, -0.25) is 0 Å². The zero-order chi connectivity index (χ0) is 14.8. The summed E-state index contributed by atoms with van der Waals surface area (Å²) in [5, 5.41) is 3.53. The zero-order valence-electron chi connectivity index (χ0n) is 13.1. The maximum absolute atomic E-state index is 3.53. The Hall–Kier alpha value is -1.80. The first-order chi connectivity index (χ1) is 10.2. The van der Waals surface area contributed by atoms with Gasteiger partial charge in [-0.1, -0.05) is 42.5 Å². The van der Waals surface area contributed by atoms with Gasteiger partial charge in [-0.25, -0.2) is 0 Å². The monoisotopic (exact) mass is 280 g/mol. The molecule has 2 aromatic rings. The standard InChI is InChI=1S/C19H24N2/c1-20-19(15-10-7-11-16(12-15)21(2)3)18-13-17(18)14-8-5-4-6-9-14/h4-12,17-20H,13H2,1-3H3. The van der Waals surface area contributed by atoms with Crippen molar-refractivity contribution < 1.29 is 0 Å². The third kappa shape index (κ3) is 2.96. The molecule has 0 bridgehead atoms. The fraction of sp³-hybridized carbons (Fsp3) is 0.368. The van der Waals surface area contributed by atoms with Gasteiger partial charge in [0.1, 0.15) is 0 Å². The van der Waals surface area contributed by atoms with Gasteiger partial charge in [-0.05, 0) is 48.6 Å². The van der Waals surface area contributed by atoms with Crippen molar-refractivity contribution in [3.8, 4) is 0 Å². The first-order valence-corrected chi connectivity index (χ1v) is 7.70. The zero-order valence-corrected chi connectivity index (χ0v) is 13.1. The van der Waals surface area contributed by atoms with Gasteiger partial charge in [0.25, 0.3) is 0 Å². The molecular weight excluding hydrogens is 256 g/mol. The van der Waals surface area contributed by atoms with E-state index in [2.05, 4.69) is 86.0 Å². The summed E-state index contributed by atoms with van der Waals surface area (Å²) in [5.74, 6) is 1.40. The normalized spacial score (nSPS) is 21.9. The smallest absolute Gasteiger partial charge is 0.0364 e. The van der Waals surface area contributed by atoms with Crippen molar-refractivity contribution >= 4 is 5.69 Å². The fourth-order valence-electron chi connectivity index (χ4n) is 3.29. The highest BCUT2D eigenvalue weighted by Crippen LogP contribution is 2.54. The van der Waals surface area contributed by atoms with Crippen LogP contribution in [0.2, 0.25) is 0 Å². The summed E-state index contributed by atoms with van der Waals surface area (Å²) in [6.07, 6.45) is 1.28. The minimum Gasteiger partial charge on any atom is -0.378 e. The Kier molecular flexibility index (Phi) is 3.98. The molecule has 2 nitrogen and oxygen atoms in total. The van der Waals surface area contributed by atoms with Crippen LogP contribution in [0, 0.1) is 5.92 Å². The van der Waals surface area contributed by atoms with Crippen molar-refractivity contribution in [2.75, 3.05) is 26.0 Å². The highest BCUT2D eigenvalue weighted by atomic mass is 15.1. The molecule has 3 atom stereocenters. The molecule has 0 amide bonds. The SMILES string of the molecule is CNC(c1cccc(N(C)C)c1)C1CC1c1ccccc1. The molecule has 3 rings (SSSR count). The second kappa shape index (κ2) is 5.90. The predicted molar refractivity (Wildman–Crippen MR) is 89.9 cm³/mol. The summed E-state index contributed by atoms with van der Waals surface area (Å²) in [6, 6.07) is 20.2. The Morgan fingerprint density at radius 1 is 1.05 bits per heavy atom. The quantitative estimate of drug-likeness (QED) is 0.895. The number of anilines is 1. The molecule has 2 aromatic carbocycles. The van der Waals surface area contributed by atoms with E-state index in [1.54, 1.807) is 0 Å². The van der Waals surface area contributed by atoms with E-state index in [0.717, 1.165) is 0 Å². The van der Waals surface area contributed by atoms with Crippen LogP contribution in [0.5, 0.6) is 0 Å². The number of benzene rings is 2. The van der Waals surface area contributed by atoms with E-state index in [-0.39, 0.29) is 0 Å². The molecule has 110 valence electrons. The van der Waals surface area contributed by atoms with Crippen LogP contribution in [0.3, 0.4) is 0 Å². The molecule has 0 heterocycles. The Balaban J connectivity index is 1.79. The van der Waals surface area contributed by atoms with E-state index < -0.39 is 0 Å². The lowest BCUT2D eigenvalue weighted by Crippen LogP contribution is -2.19. The first kappa shape index (κ1) is 14.2. The average molecular weight is 280 g/mol. The molecule has 3 unspecified atom stereocenters. The number of hydrogen-bond donors (Lipinski definition) is 1. The van der Waals surface area contributed by atoms with Gasteiger partial charge >= 0.3 is 0 Å². The van der Waals surface area contributed by atoms with Gasteiger partial charge in [0, 0.05) is 25.8 Å². The maximum Gasteiger partial charge on any atom is 0.0364 e. The van der Waals surface area contributed by atoms with Crippen LogP contribution in [0.4, 0.5) is 5.69 Å². The van der Waals surface area contributed by atoms with Crippen LogP contribution in [0.15, 0.2) is 54.6 Å². The second-order valence-electron chi connectivity index (χ2n) is 6.17. The summed E-state index contributed by atoms with van der Waals surface area (Å²) < 4.78 is 0. The van der Waals surface area contributed by atoms with Crippen molar-refractivity contribution in [3.05, 3.63) is 65.7 Å². The van der Waals surface area contributed by atoms with Gasteiger partial charge in [0.15, 0.2) is 0 Å². The Bertz CT molecular complexity index is 592. The molecule has 0 spiro atoms. The van der Waals surface area contributed by atoms with Crippen LogP contribution in [0.25, 0.3) is 0 Å². The average Bonchev–Trinajstić information content (AvgIpc) is 3.30. The van der Waals surface area contributed by atoms with Crippen molar-refractivity contribution in [1.29, 1.82) is 0 Å². The molecule has 1 aliphatic rings. The lowest BCUT2D eigenvalue weighted by atomic mass is 9.98. The molecule has 0 saturated heterocycles. The van der Waals surface area contributed by atoms with Gasteiger partial charge in [-0.2, -0.15) is 0 Å². The van der Waals surface area contributed by atoms with E-state index in [1.807, 2.05) is 0 Å². The molecule has 0 aliphatic heterocycles. The van der Waals surface area contributed by atoms with E-state index >= 15 is 0 Å². The Morgan fingerprint density at radius 2 is 1.81 bits per heavy atom. The maximum atomic E-state index is 3.53. The molecular formula is C19H24N2. The first-order valence-electron chi connectivity index (χ1n) is 7.70. The summed E-state index contributed by atoms with van der Waals surface area (Å²) in [4.78, 5) is 2.16. The largest absolute Gasteiger partial charge is 0.378 e.